The third-order valence-corrected chi connectivity index (χ3v) is 7.85. The number of aromatic amines is 1. The van der Waals surface area contributed by atoms with Gasteiger partial charge in [-0.3, -0.25) is 9.89 Å². The van der Waals surface area contributed by atoms with Crippen molar-refractivity contribution >= 4 is 27.8 Å². The molecule has 1 saturated carbocycles. The van der Waals surface area contributed by atoms with Crippen LogP contribution in [0, 0.1) is 18.8 Å². The monoisotopic (exact) mass is 475 g/mol. The summed E-state index contributed by atoms with van der Waals surface area (Å²) in [5.41, 5.74) is 7.97. The van der Waals surface area contributed by atoms with Crippen LogP contribution in [-0.2, 0) is 11.3 Å². The molecule has 180 valence electrons. The average Bonchev–Trinajstić information content (AvgIpc) is 3.29. The third-order valence-electron chi connectivity index (χ3n) is 7.85. The largest absolute Gasteiger partial charge is 0.342 e. The number of aryl methyl sites for hydroxylation is 1. The van der Waals surface area contributed by atoms with Crippen LogP contribution in [0.1, 0.15) is 24.8 Å². The maximum absolute atomic E-state index is 12.6. The number of aromatic nitrogens is 4. The van der Waals surface area contributed by atoms with E-state index in [0.29, 0.717) is 17.7 Å². The number of carbonyl (C=O) groups excluding carboxylic acids is 1. The Balaban J connectivity index is 1.22. The molecular weight excluding hydrogens is 446 g/mol. The molecule has 7 rings (SSSR count). The minimum atomic E-state index is 0.295. The number of fused-ring (bicyclic) bond motifs is 2. The maximum Gasteiger partial charge on any atom is 0.225 e. The number of likely N-dealkylation sites (tertiary alicyclic amines) is 1. The van der Waals surface area contributed by atoms with Crippen molar-refractivity contribution in [3.8, 4) is 22.5 Å². The number of carbonyl (C=O) groups is 1. The molecule has 2 fully saturated rings. The van der Waals surface area contributed by atoms with Gasteiger partial charge in [-0.05, 0) is 67.0 Å². The van der Waals surface area contributed by atoms with Crippen molar-refractivity contribution in [2.45, 2.75) is 32.7 Å². The van der Waals surface area contributed by atoms with Crippen molar-refractivity contribution in [2.24, 2.45) is 11.8 Å². The Bertz CT molecular complexity index is 1590. The summed E-state index contributed by atoms with van der Waals surface area (Å²) in [6, 6.07) is 21.4. The van der Waals surface area contributed by atoms with Gasteiger partial charge < -0.3 is 9.47 Å². The fourth-order valence-electron chi connectivity index (χ4n) is 5.73. The Morgan fingerprint density at radius 2 is 1.81 bits per heavy atom. The highest BCUT2D eigenvalue weighted by atomic mass is 16.2. The van der Waals surface area contributed by atoms with E-state index in [9.17, 15) is 4.79 Å². The number of H-pyrrole nitrogens is 1. The van der Waals surface area contributed by atoms with Crippen LogP contribution in [0.5, 0.6) is 0 Å². The Morgan fingerprint density at radius 3 is 2.64 bits per heavy atom. The number of para-hydroxylation sites is 1. The van der Waals surface area contributed by atoms with Crippen molar-refractivity contribution < 1.29 is 4.79 Å². The van der Waals surface area contributed by atoms with Crippen LogP contribution >= 0.6 is 0 Å². The standard InChI is InChI=1S/C30H29N5O/c1-19-3-2-4-27-28(19)35(18-20-13-14-34(17-20)30(36)23-9-10-23)29(32-27)22-7-5-21(6-8-22)24-11-12-26-25(15-24)16-31-33-26/h2-8,11-12,15-16,20,23H,9-10,13-14,17-18H2,1H3,(H,31,33). The van der Waals surface area contributed by atoms with Gasteiger partial charge in [0, 0.05) is 36.5 Å². The molecule has 0 radical (unpaired) electrons. The predicted molar refractivity (Wildman–Crippen MR) is 142 cm³/mol. The average molecular weight is 476 g/mol. The van der Waals surface area contributed by atoms with Crippen LogP contribution < -0.4 is 0 Å². The summed E-state index contributed by atoms with van der Waals surface area (Å²) in [6.45, 7) is 4.79. The highest BCUT2D eigenvalue weighted by Gasteiger charge is 2.36. The molecule has 1 saturated heterocycles. The normalized spacial score (nSPS) is 17.9. The Morgan fingerprint density at radius 1 is 1.00 bits per heavy atom. The number of rotatable bonds is 5. The lowest BCUT2D eigenvalue weighted by Crippen LogP contribution is -2.30. The molecule has 6 heteroatoms. The van der Waals surface area contributed by atoms with Gasteiger partial charge in [-0.1, -0.05) is 42.5 Å². The molecule has 5 aromatic rings. The van der Waals surface area contributed by atoms with E-state index in [2.05, 4.69) is 87.3 Å². The lowest BCUT2D eigenvalue weighted by molar-refractivity contribution is -0.131. The van der Waals surface area contributed by atoms with E-state index in [1.54, 1.807) is 0 Å². The first-order chi connectivity index (χ1) is 17.6. The molecule has 0 bridgehead atoms. The Hall–Kier alpha value is -3.93. The second-order valence-corrected chi connectivity index (χ2v) is 10.5. The zero-order valence-electron chi connectivity index (χ0n) is 20.4. The highest BCUT2D eigenvalue weighted by molar-refractivity contribution is 5.86. The zero-order valence-corrected chi connectivity index (χ0v) is 20.4. The minimum absolute atomic E-state index is 0.295. The molecule has 1 aliphatic heterocycles. The van der Waals surface area contributed by atoms with Crippen LogP contribution in [0.3, 0.4) is 0 Å². The molecule has 2 aromatic heterocycles. The summed E-state index contributed by atoms with van der Waals surface area (Å²) >= 11 is 0. The smallest absolute Gasteiger partial charge is 0.225 e. The van der Waals surface area contributed by atoms with Crippen LogP contribution in [0.25, 0.3) is 44.5 Å². The van der Waals surface area contributed by atoms with Crippen LogP contribution in [-0.4, -0.2) is 43.6 Å². The van der Waals surface area contributed by atoms with Crippen LogP contribution in [0.4, 0.5) is 0 Å². The first-order valence-corrected chi connectivity index (χ1v) is 12.9. The van der Waals surface area contributed by atoms with Gasteiger partial charge in [-0.15, -0.1) is 0 Å². The molecular formula is C30H29N5O. The summed E-state index contributed by atoms with van der Waals surface area (Å²) in [4.78, 5) is 19.8. The molecule has 3 aromatic carbocycles. The molecule has 36 heavy (non-hydrogen) atoms. The molecule has 6 nitrogen and oxygen atoms in total. The summed E-state index contributed by atoms with van der Waals surface area (Å²) in [5.74, 6) is 2.12. The molecule has 1 amide bonds. The van der Waals surface area contributed by atoms with Gasteiger partial charge in [-0.2, -0.15) is 5.10 Å². The van der Waals surface area contributed by atoms with E-state index in [-0.39, 0.29) is 0 Å². The van der Waals surface area contributed by atoms with Gasteiger partial charge in [-0.25, -0.2) is 4.98 Å². The third kappa shape index (κ3) is 3.68. The maximum atomic E-state index is 12.6. The molecule has 0 spiro atoms. The first-order valence-electron chi connectivity index (χ1n) is 12.9. The van der Waals surface area contributed by atoms with Crippen molar-refractivity contribution in [1.82, 2.24) is 24.6 Å². The first kappa shape index (κ1) is 21.4. The van der Waals surface area contributed by atoms with Crippen LogP contribution in [0.2, 0.25) is 0 Å². The van der Waals surface area contributed by atoms with Crippen LogP contribution in [0.15, 0.2) is 66.9 Å². The quantitative estimate of drug-likeness (QED) is 0.349. The van der Waals surface area contributed by atoms with Crippen molar-refractivity contribution in [2.75, 3.05) is 13.1 Å². The summed E-state index contributed by atoms with van der Waals surface area (Å²) in [5, 5.41) is 8.26. The number of imidazole rings is 1. The molecule has 1 unspecified atom stereocenters. The SMILES string of the molecule is Cc1cccc2nc(-c3ccc(-c4ccc5[nH]ncc5c4)cc3)n(CC3CCN(C(=O)C4CC4)C3)c12. The molecule has 1 aliphatic carbocycles. The number of benzene rings is 3. The van der Waals surface area contributed by atoms with E-state index in [0.717, 1.165) is 66.7 Å². The van der Waals surface area contributed by atoms with Gasteiger partial charge in [0.1, 0.15) is 5.82 Å². The van der Waals surface area contributed by atoms with Crippen molar-refractivity contribution in [3.63, 3.8) is 0 Å². The summed E-state index contributed by atoms with van der Waals surface area (Å²) in [6.07, 6.45) is 5.06. The van der Waals surface area contributed by atoms with Gasteiger partial charge in [0.25, 0.3) is 0 Å². The second-order valence-electron chi connectivity index (χ2n) is 10.5. The minimum Gasteiger partial charge on any atom is -0.342 e. The van der Waals surface area contributed by atoms with E-state index < -0.39 is 0 Å². The van der Waals surface area contributed by atoms with E-state index in [1.807, 2.05) is 6.20 Å². The van der Waals surface area contributed by atoms with E-state index in [1.165, 1.54) is 22.2 Å². The number of hydrogen-bond acceptors (Lipinski definition) is 3. The number of amides is 1. The predicted octanol–water partition coefficient (Wildman–Crippen LogP) is 5.81. The Labute approximate surface area is 210 Å². The lowest BCUT2D eigenvalue weighted by atomic mass is 10.0. The number of nitrogens with zero attached hydrogens (tertiary/aromatic N) is 4. The lowest BCUT2D eigenvalue weighted by Gasteiger charge is -2.18. The summed E-state index contributed by atoms with van der Waals surface area (Å²) in [7, 11) is 0. The summed E-state index contributed by atoms with van der Waals surface area (Å²) < 4.78 is 2.40. The fraction of sp³-hybridized carbons (Fsp3) is 0.300. The van der Waals surface area contributed by atoms with Gasteiger partial charge in [0.05, 0.1) is 22.7 Å². The second kappa shape index (κ2) is 8.33. The fourth-order valence-corrected chi connectivity index (χ4v) is 5.73. The molecule has 1 N–H and O–H groups in total. The van der Waals surface area contributed by atoms with Crippen molar-refractivity contribution in [3.05, 3.63) is 72.4 Å². The topological polar surface area (TPSA) is 66.8 Å². The van der Waals surface area contributed by atoms with Crippen molar-refractivity contribution in [1.29, 1.82) is 0 Å². The van der Waals surface area contributed by atoms with Gasteiger partial charge >= 0.3 is 0 Å². The molecule has 1 atom stereocenters. The number of nitrogens with one attached hydrogen (secondary N) is 1. The zero-order chi connectivity index (χ0) is 24.2. The van der Waals surface area contributed by atoms with Gasteiger partial charge in [0.2, 0.25) is 5.91 Å². The number of hydrogen-bond donors (Lipinski definition) is 1. The van der Waals surface area contributed by atoms with Gasteiger partial charge in [0.15, 0.2) is 0 Å². The molecule has 2 aliphatic rings. The highest BCUT2D eigenvalue weighted by Crippen LogP contribution is 2.35. The Kier molecular flexibility index (Phi) is 4.94. The molecule has 3 heterocycles. The van der Waals surface area contributed by atoms with E-state index >= 15 is 0 Å². The van der Waals surface area contributed by atoms with E-state index in [4.69, 9.17) is 4.98 Å².